The van der Waals surface area contributed by atoms with E-state index in [9.17, 15) is 4.39 Å². The number of piperazine rings is 1. The first-order chi connectivity index (χ1) is 9.75. The molecule has 0 aromatic heterocycles. The first-order valence-electron chi connectivity index (χ1n) is 7.70. The van der Waals surface area contributed by atoms with E-state index in [0.717, 1.165) is 38.4 Å². The molecule has 1 aromatic carbocycles. The molecule has 1 aliphatic carbocycles. The Kier molecular flexibility index (Phi) is 3.94. The molecule has 1 heterocycles. The van der Waals surface area contributed by atoms with Crippen LogP contribution in [0, 0.1) is 5.82 Å². The highest BCUT2D eigenvalue weighted by Crippen LogP contribution is 2.35. The summed E-state index contributed by atoms with van der Waals surface area (Å²) >= 11 is 0. The molecule has 3 rings (SSSR count). The van der Waals surface area contributed by atoms with Gasteiger partial charge in [0, 0.05) is 38.3 Å². The summed E-state index contributed by atoms with van der Waals surface area (Å²) in [6, 6.07) is 7.07. The molecular formula is C16H24FN3. The largest absolute Gasteiger partial charge is 0.367 e. The molecule has 2 N–H and O–H groups in total. The van der Waals surface area contributed by atoms with Crippen molar-refractivity contribution in [2.24, 2.45) is 5.73 Å². The van der Waals surface area contributed by atoms with Gasteiger partial charge in [-0.2, -0.15) is 0 Å². The van der Waals surface area contributed by atoms with Crippen LogP contribution >= 0.6 is 0 Å². The summed E-state index contributed by atoms with van der Waals surface area (Å²) in [5.74, 6) is -0.115. The van der Waals surface area contributed by atoms with Crippen molar-refractivity contribution in [2.45, 2.75) is 31.2 Å². The molecule has 0 bridgehead atoms. The van der Waals surface area contributed by atoms with Gasteiger partial charge in [0.2, 0.25) is 0 Å². The third-order valence-electron chi connectivity index (χ3n) is 5.06. The highest BCUT2D eigenvalue weighted by Gasteiger charge is 2.39. The zero-order valence-corrected chi connectivity index (χ0v) is 12.0. The van der Waals surface area contributed by atoms with E-state index in [2.05, 4.69) is 9.80 Å². The standard InChI is InChI=1S/C16H24FN3/c17-14-5-1-2-6-15(14)19-9-11-20(12-10-19)16(13-18)7-3-4-8-16/h1-2,5-6H,3-4,7-13,18H2. The van der Waals surface area contributed by atoms with E-state index in [-0.39, 0.29) is 11.4 Å². The van der Waals surface area contributed by atoms with Crippen LogP contribution in [0.3, 0.4) is 0 Å². The maximum atomic E-state index is 13.8. The van der Waals surface area contributed by atoms with Gasteiger partial charge in [0.1, 0.15) is 5.82 Å². The fourth-order valence-corrected chi connectivity index (χ4v) is 3.81. The lowest BCUT2D eigenvalue weighted by Gasteiger charge is -2.46. The molecule has 2 aliphatic rings. The van der Waals surface area contributed by atoms with Crippen molar-refractivity contribution in [1.29, 1.82) is 0 Å². The van der Waals surface area contributed by atoms with Gasteiger partial charge in [0.15, 0.2) is 0 Å². The second kappa shape index (κ2) is 5.70. The lowest BCUT2D eigenvalue weighted by Crippen LogP contribution is -2.59. The van der Waals surface area contributed by atoms with Gasteiger partial charge in [-0.25, -0.2) is 4.39 Å². The van der Waals surface area contributed by atoms with Crippen LogP contribution in [-0.2, 0) is 0 Å². The van der Waals surface area contributed by atoms with E-state index in [0.29, 0.717) is 0 Å². The number of nitrogens with two attached hydrogens (primary N) is 1. The summed E-state index contributed by atoms with van der Waals surface area (Å²) in [6.07, 6.45) is 5.04. The Labute approximate surface area is 120 Å². The van der Waals surface area contributed by atoms with Crippen LogP contribution in [0.15, 0.2) is 24.3 Å². The molecule has 1 aliphatic heterocycles. The van der Waals surface area contributed by atoms with Crippen LogP contribution < -0.4 is 10.6 Å². The molecule has 3 nitrogen and oxygen atoms in total. The first-order valence-corrected chi connectivity index (χ1v) is 7.70. The summed E-state index contributed by atoms with van der Waals surface area (Å²) < 4.78 is 13.8. The monoisotopic (exact) mass is 277 g/mol. The molecule has 0 unspecified atom stereocenters. The Morgan fingerprint density at radius 1 is 1.05 bits per heavy atom. The van der Waals surface area contributed by atoms with Crippen LogP contribution in [0.5, 0.6) is 0 Å². The topological polar surface area (TPSA) is 32.5 Å². The number of anilines is 1. The quantitative estimate of drug-likeness (QED) is 0.919. The summed E-state index contributed by atoms with van der Waals surface area (Å²) in [5.41, 5.74) is 7.01. The zero-order chi connectivity index (χ0) is 14.0. The SMILES string of the molecule is NCC1(N2CCN(c3ccccc3F)CC2)CCCC1. The van der Waals surface area contributed by atoms with E-state index in [1.54, 1.807) is 12.1 Å². The number of benzene rings is 1. The van der Waals surface area contributed by atoms with Crippen LogP contribution in [0.1, 0.15) is 25.7 Å². The normalized spacial score (nSPS) is 23.2. The van der Waals surface area contributed by atoms with Crippen molar-refractivity contribution in [1.82, 2.24) is 4.90 Å². The maximum Gasteiger partial charge on any atom is 0.146 e. The smallest absolute Gasteiger partial charge is 0.146 e. The number of rotatable bonds is 3. The predicted octanol–water partition coefficient (Wildman–Crippen LogP) is 2.22. The van der Waals surface area contributed by atoms with E-state index in [1.165, 1.54) is 25.7 Å². The average molecular weight is 277 g/mol. The van der Waals surface area contributed by atoms with Gasteiger partial charge in [0.25, 0.3) is 0 Å². The van der Waals surface area contributed by atoms with Gasteiger partial charge in [-0.1, -0.05) is 25.0 Å². The Morgan fingerprint density at radius 2 is 1.70 bits per heavy atom. The average Bonchev–Trinajstić information content (AvgIpc) is 2.98. The van der Waals surface area contributed by atoms with Gasteiger partial charge in [-0.3, -0.25) is 4.90 Å². The van der Waals surface area contributed by atoms with Crippen molar-refractivity contribution < 1.29 is 4.39 Å². The molecule has 0 amide bonds. The minimum absolute atomic E-state index is 0.115. The Balaban J connectivity index is 1.66. The van der Waals surface area contributed by atoms with E-state index in [4.69, 9.17) is 5.73 Å². The molecule has 1 saturated carbocycles. The van der Waals surface area contributed by atoms with E-state index < -0.39 is 0 Å². The summed E-state index contributed by atoms with van der Waals surface area (Å²) in [6.45, 7) is 4.52. The van der Waals surface area contributed by atoms with Crippen LogP contribution in [0.25, 0.3) is 0 Å². The fourth-order valence-electron chi connectivity index (χ4n) is 3.81. The number of halogens is 1. The molecule has 1 aromatic rings. The Morgan fingerprint density at radius 3 is 2.30 bits per heavy atom. The minimum Gasteiger partial charge on any atom is -0.367 e. The van der Waals surface area contributed by atoms with Gasteiger partial charge in [-0.15, -0.1) is 0 Å². The molecule has 1 saturated heterocycles. The van der Waals surface area contributed by atoms with Crippen LogP contribution in [-0.4, -0.2) is 43.2 Å². The molecule has 0 spiro atoms. The lowest BCUT2D eigenvalue weighted by atomic mass is 9.94. The first kappa shape index (κ1) is 13.8. The summed E-state index contributed by atoms with van der Waals surface area (Å²) in [5, 5.41) is 0. The molecule has 4 heteroatoms. The van der Waals surface area contributed by atoms with Crippen LogP contribution in [0.4, 0.5) is 10.1 Å². The van der Waals surface area contributed by atoms with Gasteiger partial charge in [-0.05, 0) is 25.0 Å². The lowest BCUT2D eigenvalue weighted by molar-refractivity contribution is 0.0919. The van der Waals surface area contributed by atoms with Gasteiger partial charge in [0.05, 0.1) is 5.69 Å². The number of para-hydroxylation sites is 1. The molecule has 110 valence electrons. The predicted molar refractivity (Wildman–Crippen MR) is 80.4 cm³/mol. The van der Waals surface area contributed by atoms with Gasteiger partial charge >= 0.3 is 0 Å². The third-order valence-corrected chi connectivity index (χ3v) is 5.06. The fraction of sp³-hybridized carbons (Fsp3) is 0.625. The van der Waals surface area contributed by atoms with Crippen molar-refractivity contribution >= 4 is 5.69 Å². The molecular weight excluding hydrogens is 253 g/mol. The molecule has 2 fully saturated rings. The van der Waals surface area contributed by atoms with Crippen molar-refractivity contribution in [3.05, 3.63) is 30.1 Å². The third kappa shape index (κ3) is 2.42. The highest BCUT2D eigenvalue weighted by atomic mass is 19.1. The zero-order valence-electron chi connectivity index (χ0n) is 12.0. The molecule has 0 atom stereocenters. The van der Waals surface area contributed by atoms with Crippen molar-refractivity contribution in [3.8, 4) is 0 Å². The maximum absolute atomic E-state index is 13.8. The molecule has 0 radical (unpaired) electrons. The van der Waals surface area contributed by atoms with Crippen molar-refractivity contribution in [2.75, 3.05) is 37.6 Å². The number of hydrogen-bond donors (Lipinski definition) is 1. The van der Waals surface area contributed by atoms with Gasteiger partial charge < -0.3 is 10.6 Å². The highest BCUT2D eigenvalue weighted by molar-refractivity contribution is 5.48. The van der Waals surface area contributed by atoms with E-state index >= 15 is 0 Å². The Bertz CT molecular complexity index is 449. The number of hydrogen-bond acceptors (Lipinski definition) is 3. The second-order valence-electron chi connectivity index (χ2n) is 6.06. The molecule has 20 heavy (non-hydrogen) atoms. The second-order valence-corrected chi connectivity index (χ2v) is 6.06. The summed E-state index contributed by atoms with van der Waals surface area (Å²) in [7, 11) is 0. The van der Waals surface area contributed by atoms with Crippen molar-refractivity contribution in [3.63, 3.8) is 0 Å². The number of nitrogens with zero attached hydrogens (tertiary/aromatic N) is 2. The minimum atomic E-state index is -0.115. The summed E-state index contributed by atoms with van der Waals surface area (Å²) in [4.78, 5) is 4.71. The Hall–Kier alpha value is -1.13. The van der Waals surface area contributed by atoms with E-state index in [1.807, 2.05) is 12.1 Å². The van der Waals surface area contributed by atoms with Crippen LogP contribution in [0.2, 0.25) is 0 Å².